The summed E-state index contributed by atoms with van der Waals surface area (Å²) in [6.45, 7) is 0.294. The van der Waals surface area contributed by atoms with Crippen molar-refractivity contribution in [2.75, 3.05) is 13.6 Å². The van der Waals surface area contributed by atoms with Gasteiger partial charge in [-0.3, -0.25) is 4.79 Å². The fourth-order valence-corrected chi connectivity index (χ4v) is 3.34. The third kappa shape index (κ3) is 2.64. The minimum Gasteiger partial charge on any atom is -0.353 e. The van der Waals surface area contributed by atoms with E-state index in [2.05, 4.69) is 27.1 Å². The summed E-state index contributed by atoms with van der Waals surface area (Å²) in [4.78, 5) is 13.5. The van der Waals surface area contributed by atoms with Crippen molar-refractivity contribution in [2.45, 2.75) is 12.5 Å². The molecule has 3 rings (SSSR count). The Hall–Kier alpha value is -1.92. The summed E-state index contributed by atoms with van der Waals surface area (Å²) in [7, 11) is 3.77. The monoisotopic (exact) mass is 302 g/mol. The van der Waals surface area contributed by atoms with Crippen molar-refractivity contribution in [1.29, 1.82) is 0 Å². The fraction of sp³-hybridized carbons (Fsp3) is 0.333. The molecule has 21 heavy (non-hydrogen) atoms. The van der Waals surface area contributed by atoms with Gasteiger partial charge in [0, 0.05) is 25.4 Å². The quantitative estimate of drug-likeness (QED) is 0.939. The van der Waals surface area contributed by atoms with E-state index in [1.165, 1.54) is 0 Å². The van der Waals surface area contributed by atoms with E-state index < -0.39 is 0 Å². The molecule has 2 aromatic heterocycles. The molecule has 6 heteroatoms. The third-order valence-corrected chi connectivity index (χ3v) is 4.54. The number of aryl methyl sites for hydroxylation is 1. The highest BCUT2D eigenvalue weighted by Crippen LogP contribution is 2.33. The Bertz CT molecular complexity index is 659. The van der Waals surface area contributed by atoms with E-state index in [4.69, 9.17) is 0 Å². The van der Waals surface area contributed by atoms with Crippen LogP contribution in [0.2, 0.25) is 0 Å². The first kappa shape index (κ1) is 14.0. The first-order chi connectivity index (χ1) is 10.2. The molecule has 5 nitrogen and oxygen atoms in total. The van der Waals surface area contributed by atoms with Crippen LogP contribution in [-0.2, 0) is 11.8 Å². The Kier molecular flexibility index (Phi) is 3.90. The predicted octanol–water partition coefficient (Wildman–Crippen LogP) is 1.98. The van der Waals surface area contributed by atoms with Crippen LogP contribution in [0.25, 0.3) is 0 Å². The van der Waals surface area contributed by atoms with E-state index >= 15 is 0 Å². The molecule has 1 aliphatic rings. The third-order valence-electron chi connectivity index (χ3n) is 3.62. The Labute approximate surface area is 127 Å². The zero-order chi connectivity index (χ0) is 14.8. The zero-order valence-corrected chi connectivity index (χ0v) is 12.9. The molecule has 0 aliphatic carbocycles. The number of hydrazone groups is 1. The van der Waals surface area contributed by atoms with Gasteiger partial charge < -0.3 is 9.88 Å². The topological polar surface area (TPSA) is 49.6 Å². The molecule has 2 aromatic rings. The van der Waals surface area contributed by atoms with Crippen molar-refractivity contribution in [2.24, 2.45) is 12.1 Å². The van der Waals surface area contributed by atoms with E-state index in [9.17, 15) is 4.79 Å². The van der Waals surface area contributed by atoms with Gasteiger partial charge >= 0.3 is 0 Å². The summed E-state index contributed by atoms with van der Waals surface area (Å²) in [5.41, 5.74) is 2.09. The van der Waals surface area contributed by atoms with Crippen molar-refractivity contribution in [3.05, 3.63) is 46.4 Å². The molecule has 1 aliphatic heterocycles. The summed E-state index contributed by atoms with van der Waals surface area (Å²) in [5, 5.41) is 11.2. The number of rotatable bonds is 4. The average Bonchev–Trinajstić information content (AvgIpc) is 3.18. The SMILES string of the molecule is CNCC(=O)N1N=C(c2cccs2)CC1c1cccn1C. The van der Waals surface area contributed by atoms with Gasteiger partial charge in [0.1, 0.15) is 6.04 Å². The summed E-state index contributed by atoms with van der Waals surface area (Å²) >= 11 is 1.66. The van der Waals surface area contributed by atoms with Gasteiger partial charge in [-0.1, -0.05) is 6.07 Å². The molecule has 1 atom stereocenters. The van der Waals surface area contributed by atoms with Crippen LogP contribution in [0.3, 0.4) is 0 Å². The molecule has 3 heterocycles. The number of nitrogens with one attached hydrogen (secondary N) is 1. The maximum atomic E-state index is 12.3. The van der Waals surface area contributed by atoms with Gasteiger partial charge in [-0.05, 0) is 30.6 Å². The number of aromatic nitrogens is 1. The van der Waals surface area contributed by atoms with Crippen molar-refractivity contribution in [3.8, 4) is 0 Å². The van der Waals surface area contributed by atoms with Crippen LogP contribution in [-0.4, -0.2) is 34.8 Å². The lowest BCUT2D eigenvalue weighted by Crippen LogP contribution is -2.34. The molecule has 0 bridgehead atoms. The highest BCUT2D eigenvalue weighted by molar-refractivity contribution is 7.12. The first-order valence-electron chi connectivity index (χ1n) is 6.90. The lowest BCUT2D eigenvalue weighted by Gasteiger charge is -2.22. The van der Waals surface area contributed by atoms with E-state index in [1.807, 2.05) is 30.8 Å². The summed E-state index contributed by atoms with van der Waals surface area (Å²) < 4.78 is 2.05. The normalized spacial score (nSPS) is 18.1. The number of carbonyl (C=O) groups excluding carboxylic acids is 1. The van der Waals surface area contributed by atoms with E-state index in [-0.39, 0.29) is 11.9 Å². The van der Waals surface area contributed by atoms with Crippen LogP contribution in [0.5, 0.6) is 0 Å². The molecule has 0 saturated carbocycles. The van der Waals surface area contributed by atoms with Crippen LogP contribution in [0.1, 0.15) is 23.0 Å². The molecule has 0 fully saturated rings. The van der Waals surface area contributed by atoms with Crippen molar-refractivity contribution in [1.82, 2.24) is 14.9 Å². The van der Waals surface area contributed by atoms with E-state index in [0.29, 0.717) is 6.54 Å². The molecule has 1 amide bonds. The number of thiophene rings is 1. The number of hydrogen-bond acceptors (Lipinski definition) is 4. The Morgan fingerprint density at radius 2 is 2.33 bits per heavy atom. The van der Waals surface area contributed by atoms with Gasteiger partial charge in [0.05, 0.1) is 17.1 Å². The van der Waals surface area contributed by atoms with E-state index in [0.717, 1.165) is 22.7 Å². The molecule has 1 N–H and O–H groups in total. The highest BCUT2D eigenvalue weighted by atomic mass is 32.1. The fourth-order valence-electron chi connectivity index (χ4n) is 2.61. The van der Waals surface area contributed by atoms with Crippen LogP contribution in [0.4, 0.5) is 0 Å². The number of hydrogen-bond donors (Lipinski definition) is 1. The van der Waals surface area contributed by atoms with Crippen molar-refractivity contribution in [3.63, 3.8) is 0 Å². The maximum Gasteiger partial charge on any atom is 0.257 e. The van der Waals surface area contributed by atoms with E-state index in [1.54, 1.807) is 23.4 Å². The number of carbonyl (C=O) groups is 1. The molecule has 1 unspecified atom stereocenters. The summed E-state index contributed by atoms with van der Waals surface area (Å²) in [5.74, 6) is -0.00439. The lowest BCUT2D eigenvalue weighted by atomic mass is 10.1. The van der Waals surface area contributed by atoms with Gasteiger partial charge in [-0.2, -0.15) is 5.10 Å². The van der Waals surface area contributed by atoms with Crippen LogP contribution >= 0.6 is 11.3 Å². The number of amides is 1. The van der Waals surface area contributed by atoms with Crippen LogP contribution in [0, 0.1) is 0 Å². The smallest absolute Gasteiger partial charge is 0.257 e. The number of nitrogens with zero attached hydrogens (tertiary/aromatic N) is 3. The van der Waals surface area contributed by atoms with Gasteiger partial charge in [-0.25, -0.2) is 5.01 Å². The van der Waals surface area contributed by atoms with Crippen LogP contribution in [0.15, 0.2) is 40.9 Å². The summed E-state index contributed by atoms with van der Waals surface area (Å²) in [6.07, 6.45) is 2.76. The Balaban J connectivity index is 1.93. The second kappa shape index (κ2) is 5.83. The van der Waals surface area contributed by atoms with Gasteiger partial charge in [0.15, 0.2) is 0 Å². The molecule has 0 saturated heterocycles. The molecule has 0 radical (unpaired) electrons. The molecule has 110 valence electrons. The van der Waals surface area contributed by atoms with Gasteiger partial charge in [0.2, 0.25) is 0 Å². The standard InChI is InChI=1S/C15H18N4OS/c1-16-10-15(20)19-13(12-5-3-7-18(12)2)9-11(17-19)14-6-4-8-21-14/h3-8,13,16H,9-10H2,1-2H3. The average molecular weight is 302 g/mol. The highest BCUT2D eigenvalue weighted by Gasteiger charge is 2.34. The van der Waals surface area contributed by atoms with Crippen molar-refractivity contribution >= 4 is 23.0 Å². The summed E-state index contributed by atoms with van der Waals surface area (Å²) in [6, 6.07) is 8.09. The van der Waals surface area contributed by atoms with Gasteiger partial charge in [-0.15, -0.1) is 11.3 Å². The first-order valence-corrected chi connectivity index (χ1v) is 7.78. The van der Waals surface area contributed by atoms with Gasteiger partial charge in [0.25, 0.3) is 5.91 Å². The predicted molar refractivity (Wildman–Crippen MR) is 84.4 cm³/mol. The molecular weight excluding hydrogens is 284 g/mol. The second-order valence-corrected chi connectivity index (χ2v) is 6.00. The largest absolute Gasteiger partial charge is 0.353 e. The molecule has 0 spiro atoms. The van der Waals surface area contributed by atoms with Crippen molar-refractivity contribution < 1.29 is 4.79 Å². The zero-order valence-electron chi connectivity index (χ0n) is 12.1. The minimum atomic E-state index is -0.0250. The minimum absolute atomic E-state index is 0.00439. The lowest BCUT2D eigenvalue weighted by molar-refractivity contribution is -0.132. The molecular formula is C15H18N4OS. The Morgan fingerprint density at radius 1 is 1.48 bits per heavy atom. The Morgan fingerprint density at radius 3 is 2.95 bits per heavy atom. The number of likely N-dealkylation sites (N-methyl/N-ethyl adjacent to an activating group) is 1. The van der Waals surface area contributed by atoms with Crippen LogP contribution < -0.4 is 5.32 Å². The molecule has 0 aromatic carbocycles. The maximum absolute atomic E-state index is 12.3. The second-order valence-electron chi connectivity index (χ2n) is 5.06.